The van der Waals surface area contributed by atoms with Gasteiger partial charge in [0.1, 0.15) is 11.8 Å². The van der Waals surface area contributed by atoms with Gasteiger partial charge in [-0.25, -0.2) is 4.79 Å². The highest BCUT2D eigenvalue weighted by molar-refractivity contribution is 5.92. The van der Waals surface area contributed by atoms with Gasteiger partial charge in [0, 0.05) is 5.70 Å². The standard InChI is InChI=1S/C17H21N5O3/c1-5-24-16(23)14-11(4)18-17-19-20-21-22(17)15(14)12-7-6-8-13(9-12)25-10(2)3/h6-10,15H,5H2,1-4H3,(H,18,19,21). The number of ether oxygens (including phenoxy) is 2. The molecule has 0 amide bonds. The van der Waals surface area contributed by atoms with Crippen LogP contribution >= 0.6 is 0 Å². The number of tetrazole rings is 1. The smallest absolute Gasteiger partial charge is 0.338 e. The Balaban J connectivity index is 2.09. The summed E-state index contributed by atoms with van der Waals surface area (Å²) in [7, 11) is 0. The minimum absolute atomic E-state index is 0.0497. The van der Waals surface area contributed by atoms with E-state index >= 15 is 0 Å². The summed E-state index contributed by atoms with van der Waals surface area (Å²) in [4.78, 5) is 12.6. The number of aromatic nitrogens is 4. The second-order valence-corrected chi connectivity index (χ2v) is 5.97. The molecular weight excluding hydrogens is 322 g/mol. The Hall–Kier alpha value is -2.90. The van der Waals surface area contributed by atoms with E-state index in [0.29, 0.717) is 23.8 Å². The van der Waals surface area contributed by atoms with E-state index in [1.165, 1.54) is 0 Å². The number of anilines is 1. The van der Waals surface area contributed by atoms with Gasteiger partial charge in [-0.3, -0.25) is 0 Å². The maximum atomic E-state index is 12.6. The summed E-state index contributed by atoms with van der Waals surface area (Å²) in [6.07, 6.45) is 0.0497. The molecular formula is C17H21N5O3. The van der Waals surface area contributed by atoms with Crippen LogP contribution in [0.5, 0.6) is 5.75 Å². The molecule has 0 spiro atoms. The van der Waals surface area contributed by atoms with Crippen molar-refractivity contribution in [2.45, 2.75) is 39.8 Å². The number of rotatable bonds is 5. The molecule has 1 aliphatic heterocycles. The number of nitrogens with zero attached hydrogens (tertiary/aromatic N) is 4. The number of nitrogens with one attached hydrogen (secondary N) is 1. The number of allylic oxidation sites excluding steroid dienone is 1. The van der Waals surface area contributed by atoms with E-state index < -0.39 is 12.0 Å². The number of carbonyl (C=O) groups excluding carboxylic acids is 1. The maximum absolute atomic E-state index is 12.6. The Kier molecular flexibility index (Phi) is 4.69. The fourth-order valence-electron chi connectivity index (χ4n) is 2.82. The lowest BCUT2D eigenvalue weighted by molar-refractivity contribution is -0.139. The quantitative estimate of drug-likeness (QED) is 0.833. The van der Waals surface area contributed by atoms with Crippen molar-refractivity contribution in [3.8, 4) is 5.75 Å². The minimum atomic E-state index is -0.485. The molecule has 25 heavy (non-hydrogen) atoms. The predicted molar refractivity (Wildman–Crippen MR) is 91.1 cm³/mol. The molecule has 132 valence electrons. The van der Waals surface area contributed by atoms with E-state index in [0.717, 1.165) is 11.3 Å². The van der Waals surface area contributed by atoms with Crippen LogP contribution in [0.3, 0.4) is 0 Å². The highest BCUT2D eigenvalue weighted by Gasteiger charge is 2.35. The van der Waals surface area contributed by atoms with Gasteiger partial charge in [0.05, 0.1) is 18.3 Å². The molecule has 8 nitrogen and oxygen atoms in total. The lowest BCUT2D eigenvalue weighted by Gasteiger charge is -2.27. The number of hydrogen-bond donors (Lipinski definition) is 1. The third kappa shape index (κ3) is 3.33. The molecule has 3 rings (SSSR count). The van der Waals surface area contributed by atoms with E-state index in [-0.39, 0.29) is 6.10 Å². The van der Waals surface area contributed by atoms with Crippen molar-refractivity contribution < 1.29 is 14.3 Å². The van der Waals surface area contributed by atoms with Crippen LogP contribution in [0.1, 0.15) is 39.3 Å². The van der Waals surface area contributed by atoms with Gasteiger partial charge in [-0.2, -0.15) is 4.68 Å². The summed E-state index contributed by atoms with van der Waals surface area (Å²) >= 11 is 0. The highest BCUT2D eigenvalue weighted by atomic mass is 16.5. The number of carbonyl (C=O) groups is 1. The van der Waals surface area contributed by atoms with Crippen molar-refractivity contribution in [2.75, 3.05) is 11.9 Å². The van der Waals surface area contributed by atoms with Crippen LogP contribution in [0.25, 0.3) is 0 Å². The van der Waals surface area contributed by atoms with E-state index in [1.54, 1.807) is 11.6 Å². The van der Waals surface area contributed by atoms with Gasteiger partial charge in [0.15, 0.2) is 0 Å². The Morgan fingerprint density at radius 3 is 2.92 bits per heavy atom. The number of esters is 1. The topological polar surface area (TPSA) is 91.2 Å². The summed E-state index contributed by atoms with van der Waals surface area (Å²) in [5.41, 5.74) is 1.99. The molecule has 2 aromatic rings. The van der Waals surface area contributed by atoms with Gasteiger partial charge in [0.25, 0.3) is 0 Å². The van der Waals surface area contributed by atoms with Crippen molar-refractivity contribution >= 4 is 11.9 Å². The van der Waals surface area contributed by atoms with E-state index in [4.69, 9.17) is 9.47 Å². The maximum Gasteiger partial charge on any atom is 0.338 e. The molecule has 0 bridgehead atoms. The van der Waals surface area contributed by atoms with Gasteiger partial charge < -0.3 is 14.8 Å². The average Bonchev–Trinajstić information content (AvgIpc) is 3.01. The second kappa shape index (κ2) is 6.92. The van der Waals surface area contributed by atoms with Crippen molar-refractivity contribution in [1.82, 2.24) is 20.2 Å². The van der Waals surface area contributed by atoms with Gasteiger partial charge in [-0.05, 0) is 55.8 Å². The first-order valence-corrected chi connectivity index (χ1v) is 8.20. The molecule has 1 aromatic heterocycles. The lowest BCUT2D eigenvalue weighted by atomic mass is 9.95. The Morgan fingerprint density at radius 1 is 1.40 bits per heavy atom. The molecule has 1 aromatic carbocycles. The summed E-state index contributed by atoms with van der Waals surface area (Å²) in [6.45, 7) is 7.81. The minimum Gasteiger partial charge on any atom is -0.491 e. The Bertz CT molecular complexity index is 812. The van der Waals surface area contributed by atoms with Crippen molar-refractivity contribution in [2.24, 2.45) is 0 Å². The number of fused-ring (bicyclic) bond motifs is 1. The first-order valence-electron chi connectivity index (χ1n) is 8.20. The zero-order valence-electron chi connectivity index (χ0n) is 14.7. The Morgan fingerprint density at radius 2 is 2.20 bits per heavy atom. The van der Waals surface area contributed by atoms with E-state index in [9.17, 15) is 4.79 Å². The van der Waals surface area contributed by atoms with Gasteiger partial charge in [-0.1, -0.05) is 17.2 Å². The largest absolute Gasteiger partial charge is 0.491 e. The number of benzene rings is 1. The lowest BCUT2D eigenvalue weighted by Crippen LogP contribution is -2.29. The fourth-order valence-corrected chi connectivity index (χ4v) is 2.82. The predicted octanol–water partition coefficient (Wildman–Crippen LogP) is 2.31. The molecule has 0 fully saturated rings. The van der Waals surface area contributed by atoms with E-state index in [2.05, 4.69) is 20.8 Å². The van der Waals surface area contributed by atoms with Crippen LogP contribution in [-0.4, -0.2) is 38.9 Å². The highest BCUT2D eigenvalue weighted by Crippen LogP contribution is 2.36. The second-order valence-electron chi connectivity index (χ2n) is 5.97. The molecule has 1 unspecified atom stereocenters. The fraction of sp³-hybridized carbons (Fsp3) is 0.412. The van der Waals surface area contributed by atoms with E-state index in [1.807, 2.05) is 45.0 Å². The molecule has 2 heterocycles. The monoisotopic (exact) mass is 343 g/mol. The van der Waals surface area contributed by atoms with Crippen molar-refractivity contribution in [3.05, 3.63) is 41.1 Å². The molecule has 1 aliphatic rings. The SMILES string of the molecule is CCOC(=O)C1=C(C)Nc2nnnn2C1c1cccc(OC(C)C)c1. The van der Waals surface area contributed by atoms with Crippen LogP contribution in [-0.2, 0) is 9.53 Å². The van der Waals surface area contributed by atoms with Crippen LogP contribution in [0.2, 0.25) is 0 Å². The Labute approximate surface area is 145 Å². The molecule has 1 N–H and O–H groups in total. The molecule has 8 heteroatoms. The molecule has 0 saturated heterocycles. The van der Waals surface area contributed by atoms with Crippen LogP contribution in [0.15, 0.2) is 35.5 Å². The van der Waals surface area contributed by atoms with Crippen LogP contribution < -0.4 is 10.1 Å². The van der Waals surface area contributed by atoms with Gasteiger partial charge >= 0.3 is 5.97 Å². The normalized spacial score (nSPS) is 16.4. The molecule has 0 saturated carbocycles. The first kappa shape index (κ1) is 16.9. The molecule has 0 aliphatic carbocycles. The van der Waals surface area contributed by atoms with Crippen LogP contribution in [0, 0.1) is 0 Å². The van der Waals surface area contributed by atoms with Gasteiger partial charge in [-0.15, -0.1) is 0 Å². The molecule has 0 radical (unpaired) electrons. The summed E-state index contributed by atoms with van der Waals surface area (Å²) in [5.74, 6) is 0.807. The van der Waals surface area contributed by atoms with Crippen molar-refractivity contribution in [3.63, 3.8) is 0 Å². The third-order valence-electron chi connectivity index (χ3n) is 3.76. The third-order valence-corrected chi connectivity index (χ3v) is 3.76. The van der Waals surface area contributed by atoms with Crippen LogP contribution in [0.4, 0.5) is 5.95 Å². The zero-order chi connectivity index (χ0) is 18.0. The number of hydrogen-bond acceptors (Lipinski definition) is 7. The van der Waals surface area contributed by atoms with Gasteiger partial charge in [0.2, 0.25) is 5.95 Å². The zero-order valence-corrected chi connectivity index (χ0v) is 14.7. The first-order chi connectivity index (χ1) is 12.0. The summed E-state index contributed by atoms with van der Waals surface area (Å²) in [6, 6.07) is 7.10. The van der Waals surface area contributed by atoms with Crippen molar-refractivity contribution in [1.29, 1.82) is 0 Å². The summed E-state index contributed by atoms with van der Waals surface area (Å²) < 4.78 is 12.6. The summed E-state index contributed by atoms with van der Waals surface area (Å²) in [5, 5.41) is 14.8. The average molecular weight is 343 g/mol. The molecule has 1 atom stereocenters.